The Morgan fingerprint density at radius 1 is 1.27 bits per heavy atom. The number of carbonyl (C=O) groups excluding carboxylic acids is 2. The minimum absolute atomic E-state index is 0.114. The quantitative estimate of drug-likeness (QED) is 0.887. The van der Waals surface area contributed by atoms with Crippen LogP contribution in [0.2, 0.25) is 0 Å². The number of amides is 2. The van der Waals surface area contributed by atoms with E-state index in [0.717, 1.165) is 18.4 Å². The van der Waals surface area contributed by atoms with Gasteiger partial charge in [-0.05, 0) is 37.5 Å². The summed E-state index contributed by atoms with van der Waals surface area (Å²) in [7, 11) is 0. The molecule has 1 saturated carbocycles. The molecule has 0 atom stereocenters. The molecule has 0 saturated heterocycles. The molecule has 1 fully saturated rings. The fraction of sp³-hybridized carbons (Fsp3) is 0.312. The van der Waals surface area contributed by atoms with Crippen LogP contribution in [0.15, 0.2) is 34.9 Å². The van der Waals surface area contributed by atoms with Gasteiger partial charge in [-0.25, -0.2) is 0 Å². The molecule has 2 N–H and O–H groups in total. The van der Waals surface area contributed by atoms with Gasteiger partial charge in [0.1, 0.15) is 5.76 Å². The van der Waals surface area contributed by atoms with Gasteiger partial charge in [-0.1, -0.05) is 17.3 Å². The minimum atomic E-state index is -0.248. The van der Waals surface area contributed by atoms with E-state index in [1.54, 1.807) is 25.1 Å². The zero-order valence-electron chi connectivity index (χ0n) is 12.3. The number of anilines is 1. The van der Waals surface area contributed by atoms with E-state index in [0.29, 0.717) is 23.7 Å². The maximum atomic E-state index is 12.0. The van der Waals surface area contributed by atoms with E-state index in [9.17, 15) is 9.59 Å². The zero-order chi connectivity index (χ0) is 15.5. The molecule has 6 nitrogen and oxygen atoms in total. The number of carbonyl (C=O) groups is 2. The fourth-order valence-electron chi connectivity index (χ4n) is 2.07. The summed E-state index contributed by atoms with van der Waals surface area (Å²) in [5.41, 5.74) is 1.49. The van der Waals surface area contributed by atoms with Crippen molar-refractivity contribution >= 4 is 17.6 Å². The van der Waals surface area contributed by atoms with Crippen molar-refractivity contribution in [2.45, 2.75) is 26.3 Å². The van der Waals surface area contributed by atoms with Gasteiger partial charge in [0.25, 0.3) is 5.91 Å². The molecule has 0 aliphatic heterocycles. The lowest BCUT2D eigenvalue weighted by Crippen LogP contribution is -2.24. The van der Waals surface area contributed by atoms with E-state index >= 15 is 0 Å². The molecule has 3 rings (SSSR count). The molecule has 22 heavy (non-hydrogen) atoms. The van der Waals surface area contributed by atoms with Crippen LogP contribution >= 0.6 is 0 Å². The van der Waals surface area contributed by atoms with Crippen LogP contribution in [-0.2, 0) is 11.3 Å². The Hall–Kier alpha value is -2.63. The number of nitrogens with zero attached hydrogens (tertiary/aromatic N) is 1. The number of hydrogen-bond donors (Lipinski definition) is 2. The summed E-state index contributed by atoms with van der Waals surface area (Å²) in [5.74, 6) is 1.10. The highest BCUT2D eigenvalue weighted by Crippen LogP contribution is 2.28. The van der Waals surface area contributed by atoms with Crippen LogP contribution in [0.25, 0.3) is 0 Å². The van der Waals surface area contributed by atoms with Gasteiger partial charge in [0.15, 0.2) is 5.82 Å². The van der Waals surface area contributed by atoms with Crippen LogP contribution < -0.4 is 10.6 Å². The summed E-state index contributed by atoms with van der Waals surface area (Å²) in [5, 5.41) is 9.26. The van der Waals surface area contributed by atoms with Crippen LogP contribution in [0.5, 0.6) is 0 Å². The lowest BCUT2D eigenvalue weighted by Gasteiger charge is -2.06. The lowest BCUT2D eigenvalue weighted by atomic mass is 10.1. The third-order valence-electron chi connectivity index (χ3n) is 3.50. The molecule has 1 heterocycles. The third kappa shape index (κ3) is 3.52. The van der Waals surface area contributed by atoms with Crippen molar-refractivity contribution < 1.29 is 14.1 Å². The SMILES string of the molecule is Cc1cc(NC(=O)c2ccc(CNC(=O)C3CC3)cc2)no1. The van der Waals surface area contributed by atoms with E-state index < -0.39 is 0 Å². The van der Waals surface area contributed by atoms with Gasteiger partial charge in [-0.15, -0.1) is 0 Å². The molecule has 0 bridgehead atoms. The van der Waals surface area contributed by atoms with Crippen molar-refractivity contribution in [2.75, 3.05) is 5.32 Å². The first kappa shape index (κ1) is 14.3. The maximum absolute atomic E-state index is 12.0. The van der Waals surface area contributed by atoms with Crippen molar-refractivity contribution in [3.05, 3.63) is 47.2 Å². The van der Waals surface area contributed by atoms with Gasteiger partial charge in [0, 0.05) is 24.1 Å². The molecule has 1 aliphatic rings. The summed E-state index contributed by atoms with van der Waals surface area (Å²) in [6.07, 6.45) is 1.99. The van der Waals surface area contributed by atoms with Gasteiger partial charge in [-0.2, -0.15) is 0 Å². The first-order valence-electron chi connectivity index (χ1n) is 7.23. The van der Waals surface area contributed by atoms with E-state index in [4.69, 9.17) is 4.52 Å². The summed E-state index contributed by atoms with van der Waals surface area (Å²) in [6.45, 7) is 2.24. The molecule has 2 aromatic rings. The first-order chi connectivity index (χ1) is 10.6. The number of hydrogen-bond acceptors (Lipinski definition) is 4. The second-order valence-electron chi connectivity index (χ2n) is 5.47. The molecule has 6 heteroatoms. The molecule has 1 aliphatic carbocycles. The van der Waals surface area contributed by atoms with Crippen LogP contribution in [0.4, 0.5) is 5.82 Å². The number of benzene rings is 1. The van der Waals surface area contributed by atoms with Gasteiger partial charge in [0.05, 0.1) is 0 Å². The third-order valence-corrected chi connectivity index (χ3v) is 3.50. The summed E-state index contributed by atoms with van der Waals surface area (Å²) in [4.78, 5) is 23.6. The summed E-state index contributed by atoms with van der Waals surface area (Å²) < 4.78 is 4.89. The molecule has 0 unspecified atom stereocenters. The predicted molar refractivity (Wildman–Crippen MR) is 80.2 cm³/mol. The Balaban J connectivity index is 1.55. The van der Waals surface area contributed by atoms with Crippen molar-refractivity contribution in [3.8, 4) is 0 Å². The summed E-state index contributed by atoms with van der Waals surface area (Å²) in [6, 6.07) is 8.76. The first-order valence-corrected chi connectivity index (χ1v) is 7.23. The van der Waals surface area contributed by atoms with Gasteiger partial charge in [0.2, 0.25) is 5.91 Å². The van der Waals surface area contributed by atoms with Gasteiger partial charge in [-0.3, -0.25) is 9.59 Å². The zero-order valence-corrected chi connectivity index (χ0v) is 12.3. The number of rotatable bonds is 5. The largest absolute Gasteiger partial charge is 0.360 e. The summed E-state index contributed by atoms with van der Waals surface area (Å²) >= 11 is 0. The smallest absolute Gasteiger partial charge is 0.256 e. The molecule has 1 aromatic carbocycles. The molecule has 1 aromatic heterocycles. The van der Waals surface area contributed by atoms with Crippen molar-refractivity contribution in [1.29, 1.82) is 0 Å². The standard InChI is InChI=1S/C16H17N3O3/c1-10-8-14(19-22-10)18-16(21)13-4-2-11(3-5-13)9-17-15(20)12-6-7-12/h2-5,8,12H,6-7,9H2,1H3,(H,17,20)(H,18,19,21). The molecular formula is C16H17N3O3. The monoisotopic (exact) mass is 299 g/mol. The number of nitrogens with one attached hydrogen (secondary N) is 2. The Labute approximate surface area is 127 Å². The average molecular weight is 299 g/mol. The number of aromatic nitrogens is 1. The van der Waals surface area contributed by atoms with E-state index in [2.05, 4.69) is 15.8 Å². The van der Waals surface area contributed by atoms with E-state index in [1.165, 1.54) is 0 Å². The fourth-order valence-corrected chi connectivity index (χ4v) is 2.07. The molecule has 0 radical (unpaired) electrons. The van der Waals surface area contributed by atoms with Crippen molar-refractivity contribution in [1.82, 2.24) is 10.5 Å². The minimum Gasteiger partial charge on any atom is -0.360 e. The normalized spacial score (nSPS) is 13.7. The Morgan fingerprint density at radius 2 is 2.00 bits per heavy atom. The van der Waals surface area contributed by atoms with Crippen molar-refractivity contribution in [2.24, 2.45) is 5.92 Å². The topological polar surface area (TPSA) is 84.2 Å². The van der Waals surface area contributed by atoms with E-state index in [1.807, 2.05) is 12.1 Å². The Kier molecular flexibility index (Phi) is 3.91. The van der Waals surface area contributed by atoms with Gasteiger partial charge >= 0.3 is 0 Å². The second-order valence-corrected chi connectivity index (χ2v) is 5.47. The maximum Gasteiger partial charge on any atom is 0.256 e. The van der Waals surface area contributed by atoms with Crippen LogP contribution in [0, 0.1) is 12.8 Å². The van der Waals surface area contributed by atoms with Crippen LogP contribution in [0.1, 0.15) is 34.5 Å². The van der Waals surface area contributed by atoms with E-state index in [-0.39, 0.29) is 17.7 Å². The highest BCUT2D eigenvalue weighted by atomic mass is 16.5. The molecule has 0 spiro atoms. The lowest BCUT2D eigenvalue weighted by molar-refractivity contribution is -0.122. The Bertz CT molecular complexity index is 687. The van der Waals surface area contributed by atoms with Crippen LogP contribution in [0.3, 0.4) is 0 Å². The van der Waals surface area contributed by atoms with Gasteiger partial charge < -0.3 is 15.2 Å². The Morgan fingerprint density at radius 3 is 2.59 bits per heavy atom. The molecular weight excluding hydrogens is 282 g/mol. The second kappa shape index (κ2) is 6.01. The highest BCUT2D eigenvalue weighted by molar-refractivity contribution is 6.03. The predicted octanol–water partition coefficient (Wildman–Crippen LogP) is 2.26. The molecule has 114 valence electrons. The molecule has 2 amide bonds. The van der Waals surface area contributed by atoms with Crippen molar-refractivity contribution in [3.63, 3.8) is 0 Å². The highest BCUT2D eigenvalue weighted by Gasteiger charge is 2.29. The number of aryl methyl sites for hydroxylation is 1. The van der Waals surface area contributed by atoms with Crippen LogP contribution in [-0.4, -0.2) is 17.0 Å². The average Bonchev–Trinajstić information content (AvgIpc) is 3.29.